The van der Waals surface area contributed by atoms with E-state index in [2.05, 4.69) is 55.9 Å². The fourth-order valence-electron chi connectivity index (χ4n) is 2.53. The summed E-state index contributed by atoms with van der Waals surface area (Å²) in [5.41, 5.74) is 9.97. The number of hydrogen-bond acceptors (Lipinski definition) is 2. The summed E-state index contributed by atoms with van der Waals surface area (Å²) < 4.78 is 0. The second-order valence-corrected chi connectivity index (χ2v) is 6.62. The summed E-state index contributed by atoms with van der Waals surface area (Å²) in [5, 5.41) is 0. The fourth-order valence-corrected chi connectivity index (χ4v) is 2.53. The second kappa shape index (κ2) is 5.33. The van der Waals surface area contributed by atoms with Gasteiger partial charge in [-0.1, -0.05) is 33.8 Å². The third kappa shape index (κ3) is 3.80. The molecule has 0 fully saturated rings. The molecular formula is C16H25N3. The van der Waals surface area contributed by atoms with E-state index in [4.69, 9.17) is 5.73 Å². The van der Waals surface area contributed by atoms with Crippen LogP contribution < -0.4 is 5.73 Å². The lowest BCUT2D eigenvalue weighted by molar-refractivity contribution is 0.337. The van der Waals surface area contributed by atoms with Crippen LogP contribution in [0.5, 0.6) is 0 Å². The number of aromatic nitrogens is 2. The predicted octanol–water partition coefficient (Wildman–Crippen LogP) is 3.43. The van der Waals surface area contributed by atoms with E-state index in [0.29, 0.717) is 0 Å². The van der Waals surface area contributed by atoms with Gasteiger partial charge in [0.1, 0.15) is 5.82 Å². The van der Waals surface area contributed by atoms with Crippen LogP contribution in [0.3, 0.4) is 0 Å². The normalized spacial score (nSPS) is 13.9. The maximum atomic E-state index is 6.21. The van der Waals surface area contributed by atoms with Crippen LogP contribution >= 0.6 is 0 Å². The number of fused-ring (bicyclic) bond motifs is 1. The van der Waals surface area contributed by atoms with Crippen LogP contribution in [-0.2, 0) is 12.8 Å². The largest absolute Gasteiger partial charge is 0.342 e. The first-order chi connectivity index (χ1) is 8.87. The molecule has 0 amide bonds. The van der Waals surface area contributed by atoms with Gasteiger partial charge < -0.3 is 10.7 Å². The van der Waals surface area contributed by atoms with Crippen LogP contribution in [-0.4, -0.2) is 16.0 Å². The zero-order valence-corrected chi connectivity index (χ0v) is 12.5. The Labute approximate surface area is 115 Å². The third-order valence-electron chi connectivity index (χ3n) is 3.33. The summed E-state index contributed by atoms with van der Waals surface area (Å²) in [4.78, 5) is 8.02. The van der Waals surface area contributed by atoms with E-state index in [-0.39, 0.29) is 11.5 Å². The minimum atomic E-state index is 0.159. The number of nitrogens with zero attached hydrogens (tertiary/aromatic N) is 1. The summed E-state index contributed by atoms with van der Waals surface area (Å²) in [6.07, 6.45) is 2.87. The standard InChI is InChI=1S/C16H25N3/c1-5-11-6-7-13-14(8-11)19-15(18-13)9-12(17)10-16(2,3)4/h6-8,12H,5,9-10,17H2,1-4H3,(H,18,19). The first kappa shape index (κ1) is 14.1. The Morgan fingerprint density at radius 3 is 2.68 bits per heavy atom. The van der Waals surface area contributed by atoms with Crippen molar-refractivity contribution in [1.82, 2.24) is 9.97 Å². The van der Waals surface area contributed by atoms with Crippen molar-refractivity contribution in [3.63, 3.8) is 0 Å². The van der Waals surface area contributed by atoms with E-state index in [0.717, 1.165) is 36.1 Å². The summed E-state index contributed by atoms with van der Waals surface area (Å²) >= 11 is 0. The van der Waals surface area contributed by atoms with E-state index in [1.807, 2.05) is 0 Å². The van der Waals surface area contributed by atoms with Gasteiger partial charge in [0.05, 0.1) is 11.0 Å². The predicted molar refractivity (Wildman–Crippen MR) is 81.2 cm³/mol. The van der Waals surface area contributed by atoms with E-state index in [9.17, 15) is 0 Å². The van der Waals surface area contributed by atoms with Gasteiger partial charge in [0, 0.05) is 12.5 Å². The average molecular weight is 259 g/mol. The van der Waals surface area contributed by atoms with Crippen molar-refractivity contribution in [2.75, 3.05) is 0 Å². The summed E-state index contributed by atoms with van der Waals surface area (Å²) in [5.74, 6) is 1.00. The van der Waals surface area contributed by atoms with Crippen LogP contribution in [0.25, 0.3) is 11.0 Å². The maximum absolute atomic E-state index is 6.21. The molecule has 1 heterocycles. The highest BCUT2D eigenvalue weighted by molar-refractivity contribution is 5.75. The monoisotopic (exact) mass is 259 g/mol. The van der Waals surface area contributed by atoms with Gasteiger partial charge >= 0.3 is 0 Å². The lowest BCUT2D eigenvalue weighted by Crippen LogP contribution is -2.28. The van der Waals surface area contributed by atoms with E-state index < -0.39 is 0 Å². The molecule has 3 nitrogen and oxygen atoms in total. The third-order valence-corrected chi connectivity index (χ3v) is 3.33. The van der Waals surface area contributed by atoms with Gasteiger partial charge in [0.15, 0.2) is 0 Å². The van der Waals surface area contributed by atoms with E-state index in [1.54, 1.807) is 0 Å². The van der Waals surface area contributed by atoms with E-state index >= 15 is 0 Å². The first-order valence-corrected chi connectivity index (χ1v) is 7.10. The minimum absolute atomic E-state index is 0.159. The summed E-state index contributed by atoms with van der Waals surface area (Å²) in [6, 6.07) is 6.57. The Morgan fingerprint density at radius 1 is 1.32 bits per heavy atom. The minimum Gasteiger partial charge on any atom is -0.342 e. The Morgan fingerprint density at radius 2 is 2.05 bits per heavy atom. The van der Waals surface area contributed by atoms with E-state index in [1.165, 1.54) is 5.56 Å². The molecular weight excluding hydrogens is 234 g/mol. The summed E-state index contributed by atoms with van der Waals surface area (Å²) in [7, 11) is 0. The van der Waals surface area contributed by atoms with Crippen molar-refractivity contribution in [3.05, 3.63) is 29.6 Å². The van der Waals surface area contributed by atoms with Gasteiger partial charge in [-0.3, -0.25) is 0 Å². The number of rotatable bonds is 4. The molecule has 0 radical (unpaired) electrons. The fraction of sp³-hybridized carbons (Fsp3) is 0.562. The molecule has 3 N–H and O–H groups in total. The molecule has 104 valence electrons. The highest BCUT2D eigenvalue weighted by atomic mass is 14.9. The molecule has 1 aromatic carbocycles. The zero-order valence-electron chi connectivity index (χ0n) is 12.5. The van der Waals surface area contributed by atoms with Crippen LogP contribution in [0.4, 0.5) is 0 Å². The topological polar surface area (TPSA) is 54.7 Å². The highest BCUT2D eigenvalue weighted by Gasteiger charge is 2.17. The Kier molecular flexibility index (Phi) is 3.95. The van der Waals surface area contributed by atoms with Crippen molar-refractivity contribution in [3.8, 4) is 0 Å². The number of nitrogens with one attached hydrogen (secondary N) is 1. The van der Waals surface area contributed by atoms with Gasteiger partial charge in [-0.15, -0.1) is 0 Å². The number of nitrogens with two attached hydrogens (primary N) is 1. The zero-order chi connectivity index (χ0) is 14.0. The molecule has 0 saturated heterocycles. The van der Waals surface area contributed by atoms with Gasteiger partial charge in [-0.2, -0.15) is 0 Å². The Bertz CT molecular complexity index is 549. The molecule has 0 spiro atoms. The first-order valence-electron chi connectivity index (χ1n) is 7.10. The molecule has 19 heavy (non-hydrogen) atoms. The molecule has 3 heteroatoms. The highest BCUT2D eigenvalue weighted by Crippen LogP contribution is 2.22. The van der Waals surface area contributed by atoms with Crippen molar-refractivity contribution >= 4 is 11.0 Å². The van der Waals surface area contributed by atoms with Crippen LogP contribution in [0.1, 0.15) is 45.5 Å². The van der Waals surface area contributed by atoms with Crippen molar-refractivity contribution in [1.29, 1.82) is 0 Å². The number of aryl methyl sites for hydroxylation is 1. The lowest BCUT2D eigenvalue weighted by Gasteiger charge is -2.22. The SMILES string of the molecule is CCc1ccc2nc(CC(N)CC(C)(C)C)[nH]c2c1. The number of hydrogen-bond donors (Lipinski definition) is 2. The van der Waals surface area contributed by atoms with Crippen LogP contribution in [0, 0.1) is 5.41 Å². The number of imidazole rings is 1. The average Bonchev–Trinajstić information content (AvgIpc) is 2.66. The maximum Gasteiger partial charge on any atom is 0.108 e. The van der Waals surface area contributed by atoms with Gasteiger partial charge in [0.25, 0.3) is 0 Å². The molecule has 0 aliphatic heterocycles. The molecule has 0 saturated carbocycles. The van der Waals surface area contributed by atoms with Crippen LogP contribution in [0.2, 0.25) is 0 Å². The molecule has 0 aliphatic rings. The van der Waals surface area contributed by atoms with Gasteiger partial charge in [-0.25, -0.2) is 4.98 Å². The quantitative estimate of drug-likeness (QED) is 0.883. The van der Waals surface area contributed by atoms with Crippen molar-refractivity contribution in [2.45, 2.75) is 53.0 Å². The summed E-state index contributed by atoms with van der Waals surface area (Å²) in [6.45, 7) is 8.83. The molecule has 0 bridgehead atoms. The number of benzene rings is 1. The Hall–Kier alpha value is -1.35. The van der Waals surface area contributed by atoms with Crippen molar-refractivity contribution in [2.24, 2.45) is 11.1 Å². The van der Waals surface area contributed by atoms with Crippen molar-refractivity contribution < 1.29 is 0 Å². The lowest BCUT2D eigenvalue weighted by atomic mass is 9.87. The van der Waals surface area contributed by atoms with Gasteiger partial charge in [-0.05, 0) is 36.0 Å². The second-order valence-electron chi connectivity index (χ2n) is 6.62. The number of H-pyrrole nitrogens is 1. The van der Waals surface area contributed by atoms with Gasteiger partial charge in [0.2, 0.25) is 0 Å². The molecule has 1 unspecified atom stereocenters. The Balaban J connectivity index is 2.13. The van der Waals surface area contributed by atoms with Crippen LogP contribution in [0.15, 0.2) is 18.2 Å². The molecule has 2 aromatic rings. The molecule has 1 aromatic heterocycles. The number of aromatic amines is 1. The molecule has 1 atom stereocenters. The molecule has 0 aliphatic carbocycles. The molecule has 2 rings (SSSR count). The smallest absolute Gasteiger partial charge is 0.108 e.